The van der Waals surface area contributed by atoms with Crippen molar-refractivity contribution >= 4 is 16.6 Å². The van der Waals surface area contributed by atoms with Gasteiger partial charge in [-0.25, -0.2) is 0 Å². The average Bonchev–Trinajstić information content (AvgIpc) is 2.35. The molecule has 0 spiro atoms. The summed E-state index contributed by atoms with van der Waals surface area (Å²) in [6.07, 6.45) is 1.73. The Morgan fingerprint density at radius 2 is 2.05 bits per heavy atom. The van der Waals surface area contributed by atoms with E-state index in [1.807, 2.05) is 43.3 Å². The zero-order valence-electron chi connectivity index (χ0n) is 11.6. The van der Waals surface area contributed by atoms with Crippen LogP contribution in [0, 0.1) is 0 Å². The van der Waals surface area contributed by atoms with Crippen LogP contribution in [0.2, 0.25) is 0 Å². The fourth-order valence-corrected chi connectivity index (χ4v) is 2.17. The number of hydrogen-bond donors (Lipinski definition) is 2. The van der Waals surface area contributed by atoms with Crippen LogP contribution >= 0.6 is 0 Å². The molecule has 1 unspecified atom stereocenters. The lowest BCUT2D eigenvalue weighted by Gasteiger charge is -2.27. The number of anilines is 1. The maximum absolute atomic E-state index is 10.3. The number of aliphatic hydroxyl groups is 1. The highest BCUT2D eigenvalue weighted by molar-refractivity contribution is 5.90. The standard InChI is InChI=1S/C14H20N4O/c1-14(19,10-18(2)3)9-15-13-12-7-5-4-6-11(12)8-16-17-13/h4-8,19H,9-10H2,1-3H3,(H,15,17). The van der Waals surface area contributed by atoms with Gasteiger partial charge in [0.2, 0.25) is 0 Å². The van der Waals surface area contributed by atoms with E-state index in [2.05, 4.69) is 15.5 Å². The third-order valence-corrected chi connectivity index (χ3v) is 2.86. The zero-order chi connectivity index (χ0) is 13.9. The number of fused-ring (bicyclic) bond motifs is 1. The SMILES string of the molecule is CN(C)CC(C)(O)CNc1nncc2ccccc12. The monoisotopic (exact) mass is 260 g/mol. The van der Waals surface area contributed by atoms with Gasteiger partial charge in [-0.2, -0.15) is 5.10 Å². The van der Waals surface area contributed by atoms with Crippen LogP contribution in [0.15, 0.2) is 30.5 Å². The summed E-state index contributed by atoms with van der Waals surface area (Å²) in [7, 11) is 3.87. The smallest absolute Gasteiger partial charge is 0.156 e. The molecular formula is C14H20N4O. The lowest BCUT2D eigenvalue weighted by Crippen LogP contribution is -2.43. The Kier molecular flexibility index (Phi) is 3.97. The molecule has 0 amide bonds. The Morgan fingerprint density at radius 1 is 1.32 bits per heavy atom. The Hall–Kier alpha value is -1.72. The van der Waals surface area contributed by atoms with Gasteiger partial charge in [0, 0.05) is 23.9 Å². The zero-order valence-corrected chi connectivity index (χ0v) is 11.6. The molecule has 0 aliphatic heterocycles. The largest absolute Gasteiger partial charge is 0.387 e. The normalized spacial score (nSPS) is 14.6. The van der Waals surface area contributed by atoms with Gasteiger partial charge in [-0.15, -0.1) is 5.10 Å². The summed E-state index contributed by atoms with van der Waals surface area (Å²) >= 11 is 0. The van der Waals surface area contributed by atoms with Crippen molar-refractivity contribution in [3.63, 3.8) is 0 Å². The molecular weight excluding hydrogens is 240 g/mol. The van der Waals surface area contributed by atoms with Crippen LogP contribution in [-0.4, -0.2) is 53.0 Å². The number of nitrogens with zero attached hydrogens (tertiary/aromatic N) is 3. The van der Waals surface area contributed by atoms with E-state index in [0.29, 0.717) is 18.9 Å². The van der Waals surface area contributed by atoms with Crippen LogP contribution in [0.3, 0.4) is 0 Å². The molecule has 0 saturated carbocycles. The van der Waals surface area contributed by atoms with Crippen molar-refractivity contribution < 1.29 is 5.11 Å². The van der Waals surface area contributed by atoms with E-state index >= 15 is 0 Å². The number of hydrogen-bond acceptors (Lipinski definition) is 5. The lowest BCUT2D eigenvalue weighted by molar-refractivity contribution is 0.0459. The summed E-state index contributed by atoms with van der Waals surface area (Å²) in [5.74, 6) is 0.706. The van der Waals surface area contributed by atoms with E-state index in [1.165, 1.54) is 0 Å². The molecule has 102 valence electrons. The van der Waals surface area contributed by atoms with Crippen LogP contribution in [0.4, 0.5) is 5.82 Å². The highest BCUT2D eigenvalue weighted by Gasteiger charge is 2.21. The topological polar surface area (TPSA) is 61.3 Å². The summed E-state index contributed by atoms with van der Waals surface area (Å²) < 4.78 is 0. The van der Waals surface area contributed by atoms with Gasteiger partial charge >= 0.3 is 0 Å². The van der Waals surface area contributed by atoms with Crippen molar-refractivity contribution in [2.75, 3.05) is 32.5 Å². The van der Waals surface area contributed by atoms with Gasteiger partial charge in [-0.1, -0.05) is 24.3 Å². The molecule has 2 rings (SSSR count). The molecule has 0 aliphatic rings. The lowest BCUT2D eigenvalue weighted by atomic mass is 10.1. The Balaban J connectivity index is 2.14. The van der Waals surface area contributed by atoms with Crippen molar-refractivity contribution in [2.24, 2.45) is 0 Å². The van der Waals surface area contributed by atoms with E-state index in [4.69, 9.17) is 0 Å². The number of rotatable bonds is 5. The number of aromatic nitrogens is 2. The predicted molar refractivity (Wildman–Crippen MR) is 77.2 cm³/mol. The Labute approximate surface area is 113 Å². The second-order valence-corrected chi connectivity index (χ2v) is 5.37. The first-order valence-corrected chi connectivity index (χ1v) is 6.29. The van der Waals surface area contributed by atoms with Crippen LogP contribution in [-0.2, 0) is 0 Å². The highest BCUT2D eigenvalue weighted by atomic mass is 16.3. The van der Waals surface area contributed by atoms with Gasteiger partial charge in [0.1, 0.15) is 0 Å². The third kappa shape index (κ3) is 3.62. The van der Waals surface area contributed by atoms with Crippen molar-refractivity contribution in [3.8, 4) is 0 Å². The first-order chi connectivity index (χ1) is 8.98. The Bertz CT molecular complexity index is 549. The molecule has 0 aliphatic carbocycles. The minimum atomic E-state index is -0.817. The molecule has 0 fully saturated rings. The molecule has 1 aromatic carbocycles. The average molecular weight is 260 g/mol. The first-order valence-electron chi connectivity index (χ1n) is 6.29. The van der Waals surface area contributed by atoms with E-state index in [1.54, 1.807) is 13.1 Å². The molecule has 0 bridgehead atoms. The predicted octanol–water partition coefficient (Wildman–Crippen LogP) is 1.35. The maximum atomic E-state index is 10.3. The van der Waals surface area contributed by atoms with Crippen molar-refractivity contribution in [1.82, 2.24) is 15.1 Å². The van der Waals surface area contributed by atoms with Crippen LogP contribution in [0.5, 0.6) is 0 Å². The van der Waals surface area contributed by atoms with Crippen LogP contribution in [0.25, 0.3) is 10.8 Å². The second kappa shape index (κ2) is 5.50. The fraction of sp³-hybridized carbons (Fsp3) is 0.429. The van der Waals surface area contributed by atoms with Gasteiger partial charge in [-0.3, -0.25) is 0 Å². The number of likely N-dealkylation sites (N-methyl/N-ethyl adjacent to an activating group) is 1. The van der Waals surface area contributed by atoms with Crippen molar-refractivity contribution in [3.05, 3.63) is 30.5 Å². The maximum Gasteiger partial charge on any atom is 0.156 e. The van der Waals surface area contributed by atoms with E-state index in [0.717, 1.165) is 10.8 Å². The van der Waals surface area contributed by atoms with Crippen LogP contribution in [0.1, 0.15) is 6.92 Å². The first kappa shape index (κ1) is 13.7. The molecule has 1 atom stereocenters. The molecule has 0 saturated heterocycles. The molecule has 1 aromatic heterocycles. The molecule has 0 radical (unpaired) electrons. The molecule has 2 N–H and O–H groups in total. The highest BCUT2D eigenvalue weighted by Crippen LogP contribution is 2.19. The summed E-state index contributed by atoms with van der Waals surface area (Å²) in [5.41, 5.74) is -0.817. The Morgan fingerprint density at radius 3 is 2.79 bits per heavy atom. The molecule has 19 heavy (non-hydrogen) atoms. The van der Waals surface area contributed by atoms with Gasteiger partial charge in [0.05, 0.1) is 11.8 Å². The number of benzene rings is 1. The van der Waals surface area contributed by atoms with Gasteiger partial charge in [0.25, 0.3) is 0 Å². The summed E-state index contributed by atoms with van der Waals surface area (Å²) in [6, 6.07) is 7.92. The minimum Gasteiger partial charge on any atom is -0.387 e. The van der Waals surface area contributed by atoms with Gasteiger partial charge in [0.15, 0.2) is 5.82 Å². The molecule has 1 heterocycles. The summed E-state index contributed by atoms with van der Waals surface area (Å²) in [6.45, 7) is 2.81. The van der Waals surface area contributed by atoms with E-state index in [9.17, 15) is 5.11 Å². The second-order valence-electron chi connectivity index (χ2n) is 5.37. The summed E-state index contributed by atoms with van der Waals surface area (Å²) in [4.78, 5) is 1.95. The van der Waals surface area contributed by atoms with Crippen molar-refractivity contribution in [2.45, 2.75) is 12.5 Å². The van der Waals surface area contributed by atoms with E-state index in [-0.39, 0.29) is 0 Å². The van der Waals surface area contributed by atoms with Crippen LogP contribution < -0.4 is 5.32 Å². The van der Waals surface area contributed by atoms with Gasteiger partial charge in [-0.05, 0) is 21.0 Å². The van der Waals surface area contributed by atoms with E-state index < -0.39 is 5.60 Å². The van der Waals surface area contributed by atoms with Gasteiger partial charge < -0.3 is 15.3 Å². The summed E-state index contributed by atoms with van der Waals surface area (Å²) in [5, 5.41) is 23.6. The molecule has 5 heteroatoms. The number of nitrogens with one attached hydrogen (secondary N) is 1. The third-order valence-electron chi connectivity index (χ3n) is 2.86. The minimum absolute atomic E-state index is 0.424. The molecule has 2 aromatic rings. The molecule has 5 nitrogen and oxygen atoms in total. The van der Waals surface area contributed by atoms with Crippen molar-refractivity contribution in [1.29, 1.82) is 0 Å². The fourth-order valence-electron chi connectivity index (χ4n) is 2.17. The quantitative estimate of drug-likeness (QED) is 0.850.